The Morgan fingerprint density at radius 1 is 1.25 bits per heavy atom. The number of nitrogens with one attached hydrogen (secondary N) is 1. The number of fused-ring (bicyclic) bond motifs is 2. The Balaban J connectivity index is 1.42. The Kier molecular flexibility index (Phi) is 5.35. The normalized spacial score (nSPS) is 23.8. The maximum absolute atomic E-state index is 11.1. The average molecular weight is 476 g/mol. The molecule has 10 nitrogen and oxygen atoms in total. The van der Waals surface area contributed by atoms with E-state index in [1.54, 1.807) is 28.1 Å². The molecule has 1 aliphatic rings. The highest BCUT2D eigenvalue weighted by atomic mass is 32.2. The number of thiophene rings is 1. The smallest absolute Gasteiger partial charge is 0.333 e. The summed E-state index contributed by atoms with van der Waals surface area (Å²) in [5.74, 6) is -0.00774. The van der Waals surface area contributed by atoms with Crippen LogP contribution in [0.1, 0.15) is 6.42 Å². The summed E-state index contributed by atoms with van der Waals surface area (Å²) in [6.45, 7) is -0.308. The number of nitrogens with two attached hydrogens (primary N) is 1. The number of hydrogen-bond donors (Lipinski definition) is 4. The molecule has 4 aromatic rings. The van der Waals surface area contributed by atoms with Gasteiger partial charge in [0.15, 0.2) is 5.65 Å². The number of anilines is 1. The van der Waals surface area contributed by atoms with Crippen LogP contribution >= 0.6 is 11.3 Å². The lowest BCUT2D eigenvalue weighted by molar-refractivity contribution is 0.00777. The molecule has 1 aromatic carbocycles. The first-order valence-corrected chi connectivity index (χ1v) is 12.3. The fraction of sp³-hybridized carbons (Fsp3) is 0.300. The summed E-state index contributed by atoms with van der Waals surface area (Å²) in [6.07, 6.45) is -0.364. The fourth-order valence-corrected chi connectivity index (χ4v) is 5.42. The zero-order valence-corrected chi connectivity index (χ0v) is 18.3. The van der Waals surface area contributed by atoms with Crippen molar-refractivity contribution in [1.29, 1.82) is 0 Å². The highest BCUT2D eigenvalue weighted by molar-refractivity contribution is 7.84. The number of aromatic nitrogens is 3. The minimum absolute atomic E-state index is 0.282. The average Bonchev–Trinajstić information content (AvgIpc) is 3.46. The Hall–Kier alpha value is -2.61. The van der Waals surface area contributed by atoms with Gasteiger partial charge in [0.1, 0.15) is 11.9 Å². The SMILES string of the molecule is NS(=O)(=O)OC[C@H]1C[C@@H](Nc2ccnc3cc(-c4cccc5ccsc45)nn23)[C@H](O)[C@@H]1O. The maximum atomic E-state index is 11.1. The van der Waals surface area contributed by atoms with E-state index >= 15 is 0 Å². The van der Waals surface area contributed by atoms with Crippen LogP contribution in [0.2, 0.25) is 0 Å². The van der Waals surface area contributed by atoms with Crippen molar-refractivity contribution < 1.29 is 22.8 Å². The molecule has 0 aliphatic heterocycles. The second-order valence-electron chi connectivity index (χ2n) is 7.78. The molecule has 4 atom stereocenters. The maximum Gasteiger partial charge on any atom is 0.333 e. The minimum Gasteiger partial charge on any atom is -0.390 e. The van der Waals surface area contributed by atoms with Crippen LogP contribution in [-0.4, -0.2) is 58.1 Å². The van der Waals surface area contributed by atoms with Crippen molar-refractivity contribution in [2.75, 3.05) is 11.9 Å². The first-order chi connectivity index (χ1) is 15.3. The van der Waals surface area contributed by atoms with E-state index in [-0.39, 0.29) is 13.0 Å². The molecule has 0 amide bonds. The second-order valence-corrected chi connectivity index (χ2v) is 9.92. The molecular formula is C20H21N5O5S2. The van der Waals surface area contributed by atoms with Gasteiger partial charge in [-0.1, -0.05) is 18.2 Å². The Morgan fingerprint density at radius 2 is 2.09 bits per heavy atom. The molecule has 5 N–H and O–H groups in total. The summed E-state index contributed by atoms with van der Waals surface area (Å²) in [4.78, 5) is 4.39. The van der Waals surface area contributed by atoms with Crippen molar-refractivity contribution in [3.63, 3.8) is 0 Å². The molecule has 0 radical (unpaired) electrons. The van der Waals surface area contributed by atoms with Crippen molar-refractivity contribution in [2.24, 2.45) is 11.1 Å². The van der Waals surface area contributed by atoms with Gasteiger partial charge in [-0.2, -0.15) is 18.0 Å². The van der Waals surface area contributed by atoms with Crippen molar-refractivity contribution in [3.8, 4) is 11.3 Å². The first kappa shape index (κ1) is 21.2. The zero-order chi connectivity index (χ0) is 22.5. The number of hydrogen-bond acceptors (Lipinski definition) is 9. The molecule has 12 heteroatoms. The van der Waals surface area contributed by atoms with Gasteiger partial charge in [0.2, 0.25) is 0 Å². The Bertz CT molecular complexity index is 1390. The topological polar surface area (TPSA) is 152 Å². The molecule has 0 unspecified atom stereocenters. The van der Waals surface area contributed by atoms with E-state index in [4.69, 9.17) is 10.2 Å². The number of aliphatic hydroxyl groups is 2. The molecule has 3 heterocycles. The quantitative estimate of drug-likeness (QED) is 0.326. The lowest BCUT2D eigenvalue weighted by Crippen LogP contribution is -2.36. The summed E-state index contributed by atoms with van der Waals surface area (Å²) in [5, 5.41) is 36.8. The minimum atomic E-state index is -4.13. The summed E-state index contributed by atoms with van der Waals surface area (Å²) >= 11 is 1.65. The van der Waals surface area contributed by atoms with E-state index in [2.05, 4.69) is 26.6 Å². The third-order valence-electron chi connectivity index (χ3n) is 5.69. The monoisotopic (exact) mass is 475 g/mol. The van der Waals surface area contributed by atoms with Crippen LogP contribution in [0.3, 0.4) is 0 Å². The van der Waals surface area contributed by atoms with Gasteiger partial charge < -0.3 is 15.5 Å². The van der Waals surface area contributed by atoms with Gasteiger partial charge in [-0.05, 0) is 29.3 Å². The predicted octanol–water partition coefficient (Wildman–Crippen LogP) is 1.35. The van der Waals surface area contributed by atoms with Crippen molar-refractivity contribution in [2.45, 2.75) is 24.7 Å². The van der Waals surface area contributed by atoms with Crippen LogP contribution in [0.5, 0.6) is 0 Å². The molecule has 1 saturated carbocycles. The van der Waals surface area contributed by atoms with Crippen LogP contribution < -0.4 is 10.5 Å². The highest BCUT2D eigenvalue weighted by Gasteiger charge is 2.42. The van der Waals surface area contributed by atoms with E-state index in [9.17, 15) is 18.6 Å². The standard InChI is InChI=1S/C20H21N5O5S2/c21-32(28,29)30-10-12-8-15(19(27)18(12)26)23-16-4-6-22-17-9-14(24-25(16)17)13-3-1-2-11-5-7-31-20(11)13/h1-7,9,12,15,18-19,23,26-27H,8,10H2,(H2,21,28,29)/t12-,15-,18-,19+/m1/s1. The van der Waals surface area contributed by atoms with Crippen LogP contribution in [0, 0.1) is 5.92 Å². The van der Waals surface area contributed by atoms with E-state index in [1.165, 1.54) is 0 Å². The molecular weight excluding hydrogens is 454 g/mol. The van der Waals surface area contributed by atoms with Gasteiger partial charge >= 0.3 is 10.3 Å². The third-order valence-corrected chi connectivity index (χ3v) is 7.12. The van der Waals surface area contributed by atoms with Gasteiger partial charge in [-0.25, -0.2) is 10.1 Å². The lowest BCUT2D eigenvalue weighted by Gasteiger charge is -2.19. The Labute approximate surface area is 187 Å². The van der Waals surface area contributed by atoms with Crippen molar-refractivity contribution in [3.05, 3.63) is 48.0 Å². The molecule has 168 valence electrons. The summed E-state index contributed by atoms with van der Waals surface area (Å²) in [6, 6.07) is 11.2. The number of rotatable bonds is 6. The number of nitrogens with zero attached hydrogens (tertiary/aromatic N) is 3. The van der Waals surface area contributed by atoms with E-state index < -0.39 is 34.5 Å². The van der Waals surface area contributed by atoms with Gasteiger partial charge in [0, 0.05) is 28.4 Å². The fourth-order valence-electron chi connectivity index (χ4n) is 4.14. The molecule has 32 heavy (non-hydrogen) atoms. The summed E-state index contributed by atoms with van der Waals surface area (Å²) < 4.78 is 29.5. The third kappa shape index (κ3) is 3.96. The van der Waals surface area contributed by atoms with Gasteiger partial charge in [0.05, 0.1) is 24.4 Å². The summed E-state index contributed by atoms with van der Waals surface area (Å²) in [5.41, 5.74) is 2.40. The number of benzene rings is 1. The van der Waals surface area contributed by atoms with E-state index in [0.717, 1.165) is 21.3 Å². The van der Waals surface area contributed by atoms with Gasteiger partial charge in [0.25, 0.3) is 0 Å². The summed E-state index contributed by atoms with van der Waals surface area (Å²) in [7, 11) is -4.13. The van der Waals surface area contributed by atoms with Crippen LogP contribution in [0.4, 0.5) is 5.82 Å². The zero-order valence-electron chi connectivity index (χ0n) is 16.7. The molecule has 5 rings (SSSR count). The van der Waals surface area contributed by atoms with Crippen molar-refractivity contribution in [1.82, 2.24) is 14.6 Å². The Morgan fingerprint density at radius 3 is 2.91 bits per heavy atom. The van der Waals surface area contributed by atoms with Gasteiger partial charge in [-0.15, -0.1) is 11.3 Å². The highest BCUT2D eigenvalue weighted by Crippen LogP contribution is 2.33. The molecule has 0 spiro atoms. The first-order valence-electron chi connectivity index (χ1n) is 9.91. The molecule has 0 saturated heterocycles. The van der Waals surface area contributed by atoms with Crippen molar-refractivity contribution >= 4 is 43.2 Å². The van der Waals surface area contributed by atoms with Crippen LogP contribution in [-0.2, 0) is 14.5 Å². The molecule has 3 aromatic heterocycles. The number of aliphatic hydroxyl groups excluding tert-OH is 2. The molecule has 0 bridgehead atoms. The largest absolute Gasteiger partial charge is 0.390 e. The van der Waals surface area contributed by atoms with E-state index in [0.29, 0.717) is 11.5 Å². The lowest BCUT2D eigenvalue weighted by atomic mass is 10.1. The predicted molar refractivity (Wildman–Crippen MR) is 120 cm³/mol. The molecule has 1 fully saturated rings. The second kappa shape index (κ2) is 8.06. The van der Waals surface area contributed by atoms with Gasteiger partial charge in [-0.3, -0.25) is 4.18 Å². The molecule has 1 aliphatic carbocycles. The van der Waals surface area contributed by atoms with Crippen LogP contribution in [0.25, 0.3) is 27.0 Å². The van der Waals surface area contributed by atoms with Crippen LogP contribution in [0.15, 0.2) is 48.0 Å². The van der Waals surface area contributed by atoms with E-state index in [1.807, 2.05) is 23.6 Å².